The van der Waals surface area contributed by atoms with E-state index in [4.69, 9.17) is 11.6 Å². The molecule has 0 aliphatic rings. The number of nitrogens with zero attached hydrogens (tertiary/aromatic N) is 3. The summed E-state index contributed by atoms with van der Waals surface area (Å²) in [6.45, 7) is 8.45. The van der Waals surface area contributed by atoms with Crippen LogP contribution in [0.1, 0.15) is 56.4 Å². The van der Waals surface area contributed by atoms with Crippen LogP contribution in [0.3, 0.4) is 0 Å². The summed E-state index contributed by atoms with van der Waals surface area (Å²) in [7, 11) is 1.28. The van der Waals surface area contributed by atoms with E-state index < -0.39 is 16.1 Å². The molecule has 11 heteroatoms. The van der Waals surface area contributed by atoms with Crippen molar-refractivity contribution in [3.8, 4) is 0 Å². The van der Waals surface area contributed by atoms with Crippen molar-refractivity contribution in [1.29, 1.82) is 0 Å². The van der Waals surface area contributed by atoms with Crippen LogP contribution in [0.4, 0.5) is 10.5 Å². The van der Waals surface area contributed by atoms with Crippen molar-refractivity contribution in [2.24, 2.45) is 7.05 Å². The number of urea groups is 1. The van der Waals surface area contributed by atoms with Gasteiger partial charge in [0.15, 0.2) is 5.03 Å². The molecule has 1 heterocycles. The van der Waals surface area contributed by atoms with Crippen LogP contribution in [0.5, 0.6) is 0 Å². The van der Waals surface area contributed by atoms with Crippen molar-refractivity contribution in [3.05, 3.63) is 40.0 Å². The molecule has 168 valence electrons. The Kier molecular flexibility index (Phi) is 10.1. The van der Waals surface area contributed by atoms with Gasteiger partial charge in [0.05, 0.1) is 5.69 Å². The van der Waals surface area contributed by atoms with Gasteiger partial charge in [0.1, 0.15) is 0 Å². The van der Waals surface area contributed by atoms with Gasteiger partial charge in [-0.15, -0.1) is 0 Å². The molecule has 2 aromatic rings. The van der Waals surface area contributed by atoms with Gasteiger partial charge in [0.2, 0.25) is 0 Å². The molecular weight excluding hydrogens is 449 g/mol. The molecule has 0 fully saturated rings. The maximum absolute atomic E-state index is 12.7. The number of hydrogen-bond acceptors (Lipinski definition) is 5. The molecule has 31 heavy (non-hydrogen) atoms. The van der Waals surface area contributed by atoms with Crippen LogP contribution in [0.2, 0.25) is 5.02 Å². The Balaban J connectivity index is 0.00000480. The topological polar surface area (TPSA) is 96.3 Å². The van der Waals surface area contributed by atoms with Gasteiger partial charge in [-0.2, -0.15) is 13.5 Å². The molecule has 0 aliphatic heterocycles. The van der Waals surface area contributed by atoms with Crippen molar-refractivity contribution < 1.29 is 13.2 Å². The number of anilines is 1. The third kappa shape index (κ3) is 7.20. The molecule has 0 spiro atoms. The minimum absolute atomic E-state index is 0. The van der Waals surface area contributed by atoms with E-state index in [1.807, 2.05) is 46.7 Å². The van der Waals surface area contributed by atoms with Crippen LogP contribution in [0.25, 0.3) is 0 Å². The van der Waals surface area contributed by atoms with Crippen molar-refractivity contribution in [3.63, 3.8) is 0 Å². The second-order valence-corrected chi connectivity index (χ2v) is 10.2. The van der Waals surface area contributed by atoms with Crippen LogP contribution >= 0.6 is 11.6 Å². The molecule has 1 aromatic carbocycles. The van der Waals surface area contributed by atoms with Crippen LogP contribution in [-0.4, -0.2) is 72.8 Å². The molecule has 0 saturated carbocycles. The predicted molar refractivity (Wildman–Crippen MR) is 127 cm³/mol. The van der Waals surface area contributed by atoms with E-state index in [1.54, 1.807) is 19.2 Å². The second kappa shape index (κ2) is 11.2. The zero-order valence-electron chi connectivity index (χ0n) is 18.4. The Bertz CT molecular complexity index is 1010. The molecule has 2 amide bonds. The normalized spacial score (nSPS) is 11.7. The zero-order chi connectivity index (χ0) is 22.8. The first-order valence-corrected chi connectivity index (χ1v) is 11.5. The van der Waals surface area contributed by atoms with Crippen LogP contribution < -0.4 is 10.0 Å². The summed E-state index contributed by atoms with van der Waals surface area (Å²) in [6, 6.07) is 4.18. The Labute approximate surface area is 212 Å². The average Bonchev–Trinajstić information content (AvgIpc) is 2.96. The number of halogens is 1. The van der Waals surface area contributed by atoms with Crippen LogP contribution in [0, 0.1) is 0 Å². The van der Waals surface area contributed by atoms with Gasteiger partial charge in [-0.25, -0.2) is 9.52 Å². The number of nitrogens with one attached hydrogen (secondary N) is 2. The predicted octanol–water partition coefficient (Wildman–Crippen LogP) is 3.24. The molecular formula is C20H31ClN5NaO3S. The fraction of sp³-hybridized carbons (Fsp3) is 0.500. The van der Waals surface area contributed by atoms with E-state index in [2.05, 4.69) is 15.1 Å². The van der Waals surface area contributed by atoms with Crippen LogP contribution in [-0.2, 0) is 23.6 Å². The van der Waals surface area contributed by atoms with Gasteiger partial charge in [-0.3, -0.25) is 4.68 Å². The summed E-state index contributed by atoms with van der Waals surface area (Å²) in [5.74, 6) is 0.162. The maximum atomic E-state index is 12.7. The third-order valence-electron chi connectivity index (χ3n) is 4.58. The van der Waals surface area contributed by atoms with Gasteiger partial charge in [0.25, 0.3) is 10.0 Å². The molecule has 2 N–H and O–H groups in total. The molecule has 2 rings (SSSR count). The molecule has 0 radical (unpaired) electrons. The van der Waals surface area contributed by atoms with Crippen molar-refractivity contribution in [1.82, 2.24) is 19.4 Å². The number of amides is 2. The summed E-state index contributed by atoms with van der Waals surface area (Å²) >= 11 is 6.25. The number of aromatic nitrogens is 2. The number of sulfonamides is 1. The Hall–Kier alpha value is -1.10. The summed E-state index contributed by atoms with van der Waals surface area (Å²) in [5, 5.41) is 7.12. The molecule has 0 unspecified atom stereocenters. The molecule has 0 bridgehead atoms. The second-order valence-electron chi connectivity index (χ2n) is 8.16. The Morgan fingerprint density at radius 1 is 1.13 bits per heavy atom. The Morgan fingerprint density at radius 2 is 1.65 bits per heavy atom. The number of hydrogen-bond donors (Lipinski definition) is 2. The van der Waals surface area contributed by atoms with E-state index in [-0.39, 0.29) is 46.4 Å². The summed E-state index contributed by atoms with van der Waals surface area (Å²) in [5.41, 5.74) is 2.96. The first kappa shape index (κ1) is 27.9. The quantitative estimate of drug-likeness (QED) is 0.594. The number of carbonyl (C=O) groups excluding carboxylic acids is 1. The first-order chi connectivity index (χ1) is 13.8. The van der Waals surface area contributed by atoms with Gasteiger partial charge >= 0.3 is 35.6 Å². The molecule has 1 aromatic heterocycles. The Morgan fingerprint density at radius 3 is 2.10 bits per heavy atom. The number of benzene rings is 1. The van der Waals surface area contributed by atoms with E-state index in [9.17, 15) is 13.2 Å². The monoisotopic (exact) mass is 479 g/mol. The molecule has 8 nitrogen and oxygen atoms in total. The van der Waals surface area contributed by atoms with E-state index in [1.165, 1.54) is 10.7 Å². The molecule has 0 saturated heterocycles. The SMILES string of the molecule is CC(C)c1cc(Cl)cc(C(C)C)c1NC(=O)NS(=O)(=O)c1cc(CN(C)C)n(C)n1.[NaH]. The zero-order valence-corrected chi connectivity index (χ0v) is 20.0. The van der Waals surface area contributed by atoms with Gasteiger partial charge < -0.3 is 10.2 Å². The number of rotatable bonds is 7. The van der Waals surface area contributed by atoms with Gasteiger partial charge in [0, 0.05) is 30.4 Å². The fourth-order valence-corrected chi connectivity index (χ4v) is 4.25. The van der Waals surface area contributed by atoms with Gasteiger partial charge in [-0.1, -0.05) is 39.3 Å². The van der Waals surface area contributed by atoms with E-state index >= 15 is 0 Å². The summed E-state index contributed by atoms with van der Waals surface area (Å²) < 4.78 is 28.9. The third-order valence-corrected chi connectivity index (χ3v) is 6.00. The van der Waals surface area contributed by atoms with Gasteiger partial charge in [-0.05, 0) is 49.2 Å². The number of aryl methyl sites for hydroxylation is 1. The first-order valence-electron chi connectivity index (χ1n) is 9.66. The molecule has 0 aliphatic carbocycles. The van der Waals surface area contributed by atoms with Crippen molar-refractivity contribution in [2.45, 2.75) is 51.1 Å². The average molecular weight is 480 g/mol. The van der Waals surface area contributed by atoms with E-state index in [0.29, 0.717) is 22.9 Å². The minimum atomic E-state index is -4.13. The number of carbonyl (C=O) groups is 1. The molecule has 0 atom stereocenters. The van der Waals surface area contributed by atoms with Crippen LogP contribution in [0.15, 0.2) is 23.2 Å². The van der Waals surface area contributed by atoms with Crippen molar-refractivity contribution in [2.75, 3.05) is 19.4 Å². The fourth-order valence-electron chi connectivity index (χ4n) is 3.10. The van der Waals surface area contributed by atoms with Crippen molar-refractivity contribution >= 4 is 62.9 Å². The summed E-state index contributed by atoms with van der Waals surface area (Å²) in [4.78, 5) is 14.5. The summed E-state index contributed by atoms with van der Waals surface area (Å²) in [6.07, 6.45) is 0. The standard InChI is InChI=1S/C20H30ClN5O3S.Na.H/c1-12(2)16-8-14(21)9-17(13(3)4)19(16)22-20(27)24-30(28,29)18-10-15(11-25(5)6)26(7)23-18;;/h8-10,12-13H,11H2,1-7H3,(H2,22,24,27);;. The van der Waals surface area contributed by atoms with E-state index in [0.717, 1.165) is 11.1 Å².